The molecule has 0 fully saturated rings. The van der Waals surface area contributed by atoms with E-state index >= 15 is 0 Å². The molecule has 0 aliphatic heterocycles. The number of hydrogen-bond acceptors (Lipinski definition) is 3. The van der Waals surface area contributed by atoms with Crippen molar-refractivity contribution in [3.05, 3.63) is 40.7 Å². The van der Waals surface area contributed by atoms with E-state index in [0.29, 0.717) is 10.9 Å². The second-order valence-electron chi connectivity index (χ2n) is 3.29. The maximum Gasteiger partial charge on any atom is 0.189 e. The van der Waals surface area contributed by atoms with Gasteiger partial charge in [0.05, 0.1) is 10.4 Å². The van der Waals surface area contributed by atoms with Crippen LogP contribution in [0.2, 0.25) is 0 Å². The summed E-state index contributed by atoms with van der Waals surface area (Å²) in [5.41, 5.74) is 0.182. The minimum atomic E-state index is -3.32. The average Bonchev–Trinajstić information content (AvgIpc) is 2.16. The second kappa shape index (κ2) is 3.20. The molecule has 0 atom stereocenters. The summed E-state index contributed by atoms with van der Waals surface area (Å²) >= 11 is 0. The summed E-state index contributed by atoms with van der Waals surface area (Å²) in [6, 6.07) is 6.01. The van der Waals surface area contributed by atoms with Crippen molar-refractivity contribution < 1.29 is 8.42 Å². The van der Waals surface area contributed by atoms with Crippen molar-refractivity contribution in [1.82, 2.24) is 4.98 Å². The Labute approximate surface area is 86.5 Å². The van der Waals surface area contributed by atoms with E-state index in [-0.39, 0.29) is 10.3 Å². The van der Waals surface area contributed by atoms with Gasteiger partial charge >= 0.3 is 0 Å². The molecule has 0 unspecified atom stereocenters. The fourth-order valence-corrected chi connectivity index (χ4v) is 2.35. The van der Waals surface area contributed by atoms with Crippen molar-refractivity contribution in [3.8, 4) is 0 Å². The van der Waals surface area contributed by atoms with Gasteiger partial charge in [-0.15, -0.1) is 0 Å². The predicted molar refractivity (Wildman–Crippen MR) is 57.7 cm³/mol. The van der Waals surface area contributed by atoms with Gasteiger partial charge in [-0.1, -0.05) is 6.07 Å². The van der Waals surface area contributed by atoms with Crippen LogP contribution >= 0.6 is 0 Å². The number of rotatable bonds is 1. The highest BCUT2D eigenvalue weighted by molar-refractivity contribution is 7.91. The van der Waals surface area contributed by atoms with Gasteiger partial charge in [0.15, 0.2) is 15.3 Å². The lowest BCUT2D eigenvalue weighted by atomic mass is 10.2. The monoisotopic (exact) mass is 223 g/mol. The van der Waals surface area contributed by atoms with Gasteiger partial charge in [0, 0.05) is 23.9 Å². The quantitative estimate of drug-likeness (QED) is 0.782. The largest absolute Gasteiger partial charge is 0.360 e. The number of aromatic amines is 1. The van der Waals surface area contributed by atoms with Crippen molar-refractivity contribution >= 4 is 20.7 Å². The molecule has 1 aromatic heterocycles. The summed E-state index contributed by atoms with van der Waals surface area (Å²) in [6.45, 7) is 0. The van der Waals surface area contributed by atoms with Crippen molar-refractivity contribution in [1.29, 1.82) is 0 Å². The normalized spacial score (nSPS) is 11.8. The van der Waals surface area contributed by atoms with Gasteiger partial charge in [-0.3, -0.25) is 4.79 Å². The maximum absolute atomic E-state index is 11.4. The summed E-state index contributed by atoms with van der Waals surface area (Å²) in [5, 5.41) is 0.389. The fraction of sp³-hybridized carbons (Fsp3) is 0.100. The van der Waals surface area contributed by atoms with E-state index in [0.717, 1.165) is 6.26 Å². The molecule has 15 heavy (non-hydrogen) atoms. The van der Waals surface area contributed by atoms with Crippen molar-refractivity contribution in [2.24, 2.45) is 0 Å². The first kappa shape index (κ1) is 9.92. The SMILES string of the molecule is CS(=O)(=O)c1cccc2c(=O)cc[nH]c12. The highest BCUT2D eigenvalue weighted by Gasteiger charge is 2.12. The Morgan fingerprint density at radius 2 is 1.93 bits per heavy atom. The molecule has 2 rings (SSSR count). The topological polar surface area (TPSA) is 67.0 Å². The molecule has 0 radical (unpaired) electrons. The molecule has 78 valence electrons. The van der Waals surface area contributed by atoms with E-state index in [1.807, 2.05) is 0 Å². The van der Waals surface area contributed by atoms with Crippen molar-refractivity contribution in [3.63, 3.8) is 0 Å². The predicted octanol–water partition coefficient (Wildman–Crippen LogP) is 0.932. The van der Waals surface area contributed by atoms with Crippen LogP contribution < -0.4 is 5.43 Å². The van der Waals surface area contributed by atoms with Crippen LogP contribution in [-0.2, 0) is 9.84 Å². The van der Waals surface area contributed by atoms with E-state index in [2.05, 4.69) is 4.98 Å². The molecule has 0 aliphatic rings. The molecule has 1 N–H and O–H groups in total. The Kier molecular flexibility index (Phi) is 2.12. The molecule has 2 aromatic rings. The van der Waals surface area contributed by atoms with Gasteiger partial charge in [-0.25, -0.2) is 8.42 Å². The van der Waals surface area contributed by atoms with E-state index in [4.69, 9.17) is 0 Å². The molecule has 5 heteroatoms. The summed E-state index contributed by atoms with van der Waals surface area (Å²) in [6.07, 6.45) is 2.56. The standard InChI is InChI=1S/C10H9NO3S/c1-15(13,14)9-4-2-3-7-8(12)5-6-11-10(7)9/h2-6H,1H3,(H,11,12). The summed E-state index contributed by atoms with van der Waals surface area (Å²) in [4.78, 5) is 14.4. The van der Waals surface area contributed by atoms with E-state index < -0.39 is 9.84 Å². The first-order chi connectivity index (χ1) is 7.00. The summed E-state index contributed by atoms with van der Waals surface area (Å²) in [7, 11) is -3.32. The molecular formula is C10H9NO3S. The number of nitrogens with one attached hydrogen (secondary N) is 1. The molecule has 0 spiro atoms. The molecule has 1 heterocycles. The molecule has 0 saturated carbocycles. The minimum absolute atomic E-state index is 0.151. The number of pyridine rings is 1. The molecule has 0 saturated heterocycles. The third-order valence-electron chi connectivity index (χ3n) is 2.15. The Hall–Kier alpha value is -1.62. The number of benzene rings is 1. The number of para-hydroxylation sites is 1. The van der Waals surface area contributed by atoms with Crippen LogP contribution in [0.25, 0.3) is 10.9 Å². The lowest BCUT2D eigenvalue weighted by Gasteiger charge is -2.02. The third-order valence-corrected chi connectivity index (χ3v) is 3.29. The molecule has 4 nitrogen and oxygen atoms in total. The van der Waals surface area contributed by atoms with E-state index in [9.17, 15) is 13.2 Å². The number of hydrogen-bond donors (Lipinski definition) is 1. The second-order valence-corrected chi connectivity index (χ2v) is 5.28. The van der Waals surface area contributed by atoms with Gasteiger partial charge < -0.3 is 4.98 Å². The van der Waals surface area contributed by atoms with Gasteiger partial charge in [-0.2, -0.15) is 0 Å². The zero-order valence-corrected chi connectivity index (χ0v) is 8.84. The van der Waals surface area contributed by atoms with Crippen molar-refractivity contribution in [2.45, 2.75) is 4.90 Å². The Balaban J connectivity index is 3.02. The number of aromatic nitrogens is 1. The van der Waals surface area contributed by atoms with Gasteiger partial charge in [-0.05, 0) is 12.1 Å². The fourth-order valence-electron chi connectivity index (χ4n) is 1.48. The lowest BCUT2D eigenvalue weighted by molar-refractivity contribution is 0.602. The van der Waals surface area contributed by atoms with Crippen LogP contribution in [0.3, 0.4) is 0 Å². The number of fused-ring (bicyclic) bond motifs is 1. The van der Waals surface area contributed by atoms with Crippen LogP contribution in [0.1, 0.15) is 0 Å². The molecule has 0 aliphatic carbocycles. The first-order valence-electron chi connectivity index (χ1n) is 4.30. The summed E-state index contributed by atoms with van der Waals surface area (Å²) < 4.78 is 22.9. The number of sulfone groups is 1. The molecular weight excluding hydrogens is 214 g/mol. The van der Waals surface area contributed by atoms with Crippen LogP contribution in [0.15, 0.2) is 40.2 Å². The first-order valence-corrected chi connectivity index (χ1v) is 6.20. The van der Waals surface area contributed by atoms with Crippen LogP contribution in [-0.4, -0.2) is 19.7 Å². The van der Waals surface area contributed by atoms with Crippen molar-refractivity contribution in [2.75, 3.05) is 6.26 Å². The van der Waals surface area contributed by atoms with Crippen LogP contribution in [0, 0.1) is 0 Å². The Bertz CT molecular complexity index is 670. The van der Waals surface area contributed by atoms with Gasteiger partial charge in [0.2, 0.25) is 0 Å². The zero-order valence-electron chi connectivity index (χ0n) is 8.02. The van der Waals surface area contributed by atoms with E-state index in [1.165, 1.54) is 18.3 Å². The number of H-pyrrole nitrogens is 1. The third kappa shape index (κ3) is 1.66. The smallest absolute Gasteiger partial charge is 0.189 e. The van der Waals surface area contributed by atoms with Crippen LogP contribution in [0.5, 0.6) is 0 Å². The minimum Gasteiger partial charge on any atom is -0.360 e. The molecule has 1 aromatic carbocycles. The lowest BCUT2D eigenvalue weighted by Crippen LogP contribution is -2.05. The van der Waals surface area contributed by atoms with E-state index in [1.54, 1.807) is 12.1 Å². The highest BCUT2D eigenvalue weighted by Crippen LogP contribution is 2.17. The highest BCUT2D eigenvalue weighted by atomic mass is 32.2. The average molecular weight is 223 g/mol. The van der Waals surface area contributed by atoms with Gasteiger partial charge in [0.1, 0.15) is 0 Å². The maximum atomic E-state index is 11.4. The Morgan fingerprint density at radius 3 is 2.60 bits per heavy atom. The zero-order chi connectivity index (χ0) is 11.1. The van der Waals surface area contributed by atoms with Crippen LogP contribution in [0.4, 0.5) is 0 Å². The molecule has 0 amide bonds. The van der Waals surface area contributed by atoms with Gasteiger partial charge in [0.25, 0.3) is 0 Å². The Morgan fingerprint density at radius 1 is 1.20 bits per heavy atom. The summed E-state index contributed by atoms with van der Waals surface area (Å²) in [5.74, 6) is 0. The molecule has 0 bridgehead atoms.